The summed E-state index contributed by atoms with van der Waals surface area (Å²) in [5.41, 5.74) is 1.18. The van der Waals surface area contributed by atoms with E-state index in [1.807, 2.05) is 0 Å². The Morgan fingerprint density at radius 3 is 2.58 bits per heavy atom. The first-order chi connectivity index (χ1) is 11.4. The highest BCUT2D eigenvalue weighted by Gasteiger charge is 2.14. The van der Waals surface area contributed by atoms with Gasteiger partial charge in [-0.05, 0) is 26.0 Å². The molecular weight excluding hydrogens is 316 g/mol. The fraction of sp³-hybridized carbons (Fsp3) is 0.312. The van der Waals surface area contributed by atoms with Crippen molar-refractivity contribution in [2.45, 2.75) is 13.8 Å². The fourth-order valence-corrected chi connectivity index (χ4v) is 1.86. The SMILES string of the molecule is CC(C)=CC(=O)OCC(=O)NC(=O)Nc1ccc2c(c1)OCCO2. The van der Waals surface area contributed by atoms with Crippen LogP contribution in [-0.2, 0) is 14.3 Å². The van der Waals surface area contributed by atoms with E-state index < -0.39 is 24.5 Å². The molecule has 0 saturated heterocycles. The van der Waals surface area contributed by atoms with E-state index in [0.29, 0.717) is 30.4 Å². The first-order valence-corrected chi connectivity index (χ1v) is 7.26. The summed E-state index contributed by atoms with van der Waals surface area (Å²) < 4.78 is 15.5. The minimum atomic E-state index is -0.741. The van der Waals surface area contributed by atoms with E-state index in [9.17, 15) is 14.4 Å². The van der Waals surface area contributed by atoms with Gasteiger partial charge in [-0.3, -0.25) is 10.1 Å². The molecule has 1 aromatic rings. The predicted octanol–water partition coefficient (Wildman–Crippen LogP) is 1.62. The van der Waals surface area contributed by atoms with Crippen LogP contribution >= 0.6 is 0 Å². The van der Waals surface area contributed by atoms with E-state index in [2.05, 4.69) is 10.6 Å². The molecule has 0 aromatic heterocycles. The number of imide groups is 1. The standard InChI is InChI=1S/C16H18N2O6/c1-10(2)7-15(20)24-9-14(19)18-16(21)17-11-3-4-12-13(8-11)23-6-5-22-12/h3-4,7-8H,5-6,9H2,1-2H3,(H2,17,18,19,21). The molecule has 0 aliphatic carbocycles. The maximum absolute atomic E-state index is 11.7. The molecule has 0 spiro atoms. The van der Waals surface area contributed by atoms with Crippen LogP contribution in [-0.4, -0.2) is 37.7 Å². The smallest absolute Gasteiger partial charge is 0.331 e. The van der Waals surface area contributed by atoms with Crippen LogP contribution in [0.3, 0.4) is 0 Å². The van der Waals surface area contributed by atoms with E-state index in [-0.39, 0.29) is 0 Å². The Balaban J connectivity index is 1.81. The van der Waals surface area contributed by atoms with Gasteiger partial charge in [0, 0.05) is 17.8 Å². The maximum Gasteiger partial charge on any atom is 0.331 e. The third-order valence-corrected chi connectivity index (χ3v) is 2.81. The largest absolute Gasteiger partial charge is 0.486 e. The second kappa shape index (κ2) is 8.00. The van der Waals surface area contributed by atoms with Crippen molar-refractivity contribution in [2.75, 3.05) is 25.1 Å². The predicted molar refractivity (Wildman–Crippen MR) is 85.0 cm³/mol. The number of carbonyl (C=O) groups is 3. The highest BCUT2D eigenvalue weighted by atomic mass is 16.6. The summed E-state index contributed by atoms with van der Waals surface area (Å²) >= 11 is 0. The Bertz CT molecular complexity index is 679. The van der Waals surface area contributed by atoms with E-state index in [1.165, 1.54) is 6.08 Å². The summed E-state index contributed by atoms with van der Waals surface area (Å²) in [6, 6.07) is 4.13. The molecule has 1 aliphatic rings. The maximum atomic E-state index is 11.7. The van der Waals surface area contributed by atoms with Crippen molar-refractivity contribution < 1.29 is 28.6 Å². The molecule has 0 fully saturated rings. The molecule has 8 nitrogen and oxygen atoms in total. The Morgan fingerprint density at radius 2 is 1.88 bits per heavy atom. The summed E-state index contributed by atoms with van der Waals surface area (Å²) in [6.07, 6.45) is 1.25. The van der Waals surface area contributed by atoms with Gasteiger partial charge in [-0.25, -0.2) is 9.59 Å². The van der Waals surface area contributed by atoms with Gasteiger partial charge in [0.1, 0.15) is 13.2 Å². The normalized spacial score (nSPS) is 11.9. The lowest BCUT2D eigenvalue weighted by molar-refractivity contribution is -0.143. The molecule has 128 valence electrons. The van der Waals surface area contributed by atoms with Crippen LogP contribution in [0.25, 0.3) is 0 Å². The topological polar surface area (TPSA) is 103 Å². The van der Waals surface area contributed by atoms with E-state index in [1.54, 1.807) is 32.0 Å². The number of carbonyl (C=O) groups excluding carboxylic acids is 3. The Morgan fingerprint density at radius 1 is 1.17 bits per heavy atom. The Hall–Kier alpha value is -3.03. The molecule has 1 heterocycles. The number of urea groups is 1. The van der Waals surface area contributed by atoms with Crippen molar-refractivity contribution in [3.8, 4) is 11.5 Å². The van der Waals surface area contributed by atoms with Crippen LogP contribution in [0, 0.1) is 0 Å². The molecule has 0 saturated carbocycles. The molecule has 2 rings (SSSR count). The van der Waals surface area contributed by atoms with Gasteiger partial charge in [-0.1, -0.05) is 5.57 Å². The third kappa shape index (κ3) is 5.31. The van der Waals surface area contributed by atoms with Crippen molar-refractivity contribution in [1.29, 1.82) is 0 Å². The summed E-state index contributed by atoms with van der Waals surface area (Å²) in [5.74, 6) is -0.270. The Kier molecular flexibility index (Phi) is 5.78. The zero-order valence-corrected chi connectivity index (χ0v) is 13.4. The summed E-state index contributed by atoms with van der Waals surface area (Å²) in [5, 5.41) is 4.54. The molecule has 8 heteroatoms. The number of allylic oxidation sites excluding steroid dienone is 1. The third-order valence-electron chi connectivity index (χ3n) is 2.81. The number of fused-ring (bicyclic) bond motifs is 1. The highest BCUT2D eigenvalue weighted by molar-refractivity contribution is 6.02. The second-order valence-electron chi connectivity index (χ2n) is 5.19. The zero-order chi connectivity index (χ0) is 17.5. The van der Waals surface area contributed by atoms with Gasteiger partial charge >= 0.3 is 12.0 Å². The molecule has 2 N–H and O–H groups in total. The van der Waals surface area contributed by atoms with Crippen molar-refractivity contribution in [2.24, 2.45) is 0 Å². The monoisotopic (exact) mass is 334 g/mol. The minimum Gasteiger partial charge on any atom is -0.486 e. The van der Waals surface area contributed by atoms with Crippen LogP contribution in [0.1, 0.15) is 13.8 Å². The van der Waals surface area contributed by atoms with E-state index in [4.69, 9.17) is 14.2 Å². The molecule has 3 amide bonds. The Labute approximate surface area is 138 Å². The quantitative estimate of drug-likeness (QED) is 0.640. The van der Waals surface area contributed by atoms with Crippen LogP contribution in [0.4, 0.5) is 10.5 Å². The number of anilines is 1. The number of nitrogens with one attached hydrogen (secondary N) is 2. The van der Waals surface area contributed by atoms with E-state index in [0.717, 1.165) is 5.57 Å². The highest BCUT2D eigenvalue weighted by Crippen LogP contribution is 2.32. The molecule has 0 radical (unpaired) electrons. The van der Waals surface area contributed by atoms with Crippen molar-refractivity contribution >= 4 is 23.6 Å². The molecule has 0 unspecified atom stereocenters. The first kappa shape index (κ1) is 17.3. The fourth-order valence-electron chi connectivity index (χ4n) is 1.86. The van der Waals surface area contributed by atoms with Crippen LogP contribution < -0.4 is 20.1 Å². The molecular formula is C16H18N2O6. The van der Waals surface area contributed by atoms with Crippen molar-refractivity contribution in [3.05, 3.63) is 29.8 Å². The first-order valence-electron chi connectivity index (χ1n) is 7.26. The number of rotatable bonds is 4. The average molecular weight is 334 g/mol. The van der Waals surface area contributed by atoms with Gasteiger partial charge in [-0.2, -0.15) is 0 Å². The van der Waals surface area contributed by atoms with Gasteiger partial charge in [0.2, 0.25) is 0 Å². The van der Waals surface area contributed by atoms with Gasteiger partial charge in [0.15, 0.2) is 18.1 Å². The lowest BCUT2D eigenvalue weighted by Crippen LogP contribution is -2.37. The molecule has 1 aliphatic heterocycles. The molecule has 24 heavy (non-hydrogen) atoms. The van der Waals surface area contributed by atoms with Gasteiger partial charge in [0.25, 0.3) is 5.91 Å². The van der Waals surface area contributed by atoms with Crippen LogP contribution in [0.15, 0.2) is 29.8 Å². The molecule has 0 atom stereocenters. The van der Waals surface area contributed by atoms with Gasteiger partial charge in [0.05, 0.1) is 0 Å². The minimum absolute atomic E-state index is 0.429. The van der Waals surface area contributed by atoms with Crippen LogP contribution in [0.2, 0.25) is 0 Å². The second-order valence-corrected chi connectivity index (χ2v) is 5.19. The van der Waals surface area contributed by atoms with Crippen molar-refractivity contribution in [1.82, 2.24) is 5.32 Å². The lowest BCUT2D eigenvalue weighted by atomic mass is 10.2. The number of amides is 3. The number of hydrogen-bond donors (Lipinski definition) is 2. The number of hydrogen-bond acceptors (Lipinski definition) is 6. The summed E-state index contributed by atoms with van der Waals surface area (Å²) in [6.45, 7) is 3.81. The zero-order valence-electron chi connectivity index (χ0n) is 13.4. The van der Waals surface area contributed by atoms with Gasteiger partial charge in [-0.15, -0.1) is 0 Å². The summed E-state index contributed by atoms with van der Waals surface area (Å²) in [4.78, 5) is 34.6. The average Bonchev–Trinajstić information content (AvgIpc) is 2.52. The number of esters is 1. The molecule has 1 aromatic carbocycles. The number of ether oxygens (including phenoxy) is 3. The van der Waals surface area contributed by atoms with Crippen LogP contribution in [0.5, 0.6) is 11.5 Å². The van der Waals surface area contributed by atoms with Crippen molar-refractivity contribution in [3.63, 3.8) is 0 Å². The number of benzene rings is 1. The molecule has 0 bridgehead atoms. The lowest BCUT2D eigenvalue weighted by Gasteiger charge is -2.19. The summed E-state index contributed by atoms with van der Waals surface area (Å²) in [7, 11) is 0. The van der Waals surface area contributed by atoms with Gasteiger partial charge < -0.3 is 19.5 Å². The van der Waals surface area contributed by atoms with E-state index >= 15 is 0 Å².